The van der Waals surface area contributed by atoms with Crippen molar-refractivity contribution in [3.63, 3.8) is 0 Å². The van der Waals surface area contributed by atoms with E-state index in [0.717, 1.165) is 16.4 Å². The number of carbonyl (C=O) groups is 1. The molecule has 1 N–H and O–H groups in total. The third kappa shape index (κ3) is 6.95. The summed E-state index contributed by atoms with van der Waals surface area (Å²) in [5.74, 6) is -0.777. The molecule has 10 nitrogen and oxygen atoms in total. The first-order valence-electron chi connectivity index (χ1n) is 12.4. The molecule has 18 heteroatoms. The van der Waals surface area contributed by atoms with Crippen LogP contribution in [-0.2, 0) is 27.5 Å². The van der Waals surface area contributed by atoms with Crippen molar-refractivity contribution in [2.45, 2.75) is 30.3 Å². The van der Waals surface area contributed by atoms with E-state index in [1.165, 1.54) is 41.8 Å². The predicted octanol–water partition coefficient (Wildman–Crippen LogP) is 4.56. The van der Waals surface area contributed by atoms with Crippen LogP contribution in [0.4, 0.5) is 27.1 Å². The lowest BCUT2D eigenvalue weighted by Crippen LogP contribution is -2.60. The lowest BCUT2D eigenvalue weighted by atomic mass is 10.1. The smallest absolute Gasteiger partial charge is 0.416 e. The summed E-state index contributed by atoms with van der Waals surface area (Å²) in [6, 6.07) is 7.18. The minimum atomic E-state index is -4.66. The van der Waals surface area contributed by atoms with Crippen LogP contribution in [0.1, 0.15) is 11.1 Å². The summed E-state index contributed by atoms with van der Waals surface area (Å²) < 4.78 is 97.1. The van der Waals surface area contributed by atoms with Gasteiger partial charge in [0.2, 0.25) is 21.2 Å². The summed E-state index contributed by atoms with van der Waals surface area (Å²) in [5, 5.41) is 3.08. The molecular formula is C25H20ClF5N6O4S2. The van der Waals surface area contributed by atoms with Gasteiger partial charge in [0.1, 0.15) is 11.8 Å². The minimum Gasteiger partial charge on any atom is -0.435 e. The van der Waals surface area contributed by atoms with Gasteiger partial charge in [0, 0.05) is 26.2 Å². The van der Waals surface area contributed by atoms with Gasteiger partial charge in [0.25, 0.3) is 0 Å². The number of alkyl halides is 5. The van der Waals surface area contributed by atoms with Crippen LogP contribution in [0.15, 0.2) is 59.6 Å². The third-order valence-electron chi connectivity index (χ3n) is 6.42. The van der Waals surface area contributed by atoms with E-state index >= 15 is 0 Å². The first-order chi connectivity index (χ1) is 20.3. The van der Waals surface area contributed by atoms with Crippen molar-refractivity contribution in [2.75, 3.05) is 24.5 Å². The normalized spacial score (nSPS) is 16.5. The highest BCUT2D eigenvalue weighted by Gasteiger charge is 2.41. The lowest BCUT2D eigenvalue weighted by molar-refractivity contribution is -0.137. The van der Waals surface area contributed by atoms with Gasteiger partial charge in [-0.3, -0.25) is 4.79 Å². The van der Waals surface area contributed by atoms with E-state index in [0.29, 0.717) is 33.2 Å². The van der Waals surface area contributed by atoms with Crippen LogP contribution in [0.2, 0.25) is 5.28 Å². The van der Waals surface area contributed by atoms with Crippen molar-refractivity contribution >= 4 is 54.3 Å². The van der Waals surface area contributed by atoms with Crippen molar-refractivity contribution < 1.29 is 39.9 Å². The molecule has 1 fully saturated rings. The fourth-order valence-corrected chi connectivity index (χ4v) is 6.94. The van der Waals surface area contributed by atoms with Crippen molar-refractivity contribution in [2.24, 2.45) is 0 Å². The highest BCUT2D eigenvalue weighted by Crippen LogP contribution is 2.33. The van der Waals surface area contributed by atoms with E-state index in [2.05, 4.69) is 25.0 Å². The van der Waals surface area contributed by atoms with Gasteiger partial charge < -0.3 is 15.0 Å². The number of thiazole rings is 1. The number of rotatable bonds is 8. The fourth-order valence-electron chi connectivity index (χ4n) is 4.33. The SMILES string of the molecule is O=C(NCc1ccc(OC(F)F)cc1)[C@H]1CN(c2nc3nc(Cl)ncc3s2)CCN1S(=O)(=O)c1ccc(C(F)(F)F)cc1. The molecule has 1 aliphatic heterocycles. The number of carbonyl (C=O) groups excluding carboxylic acids is 1. The Bertz CT molecular complexity index is 1720. The number of benzene rings is 2. The van der Waals surface area contributed by atoms with Crippen molar-refractivity contribution in [3.05, 3.63) is 71.1 Å². The Balaban J connectivity index is 1.40. The molecule has 3 heterocycles. The average molecular weight is 663 g/mol. The summed E-state index contributed by atoms with van der Waals surface area (Å²) in [6.07, 6.45) is -3.18. The number of amides is 1. The monoisotopic (exact) mass is 662 g/mol. The Kier molecular flexibility index (Phi) is 8.69. The summed E-state index contributed by atoms with van der Waals surface area (Å²) in [6.45, 7) is -3.31. The first kappa shape index (κ1) is 30.8. The number of nitrogens with one attached hydrogen (secondary N) is 1. The number of ether oxygens (including phenoxy) is 1. The van der Waals surface area contributed by atoms with Gasteiger partial charge in [-0.05, 0) is 53.6 Å². The number of piperazine rings is 1. The molecule has 43 heavy (non-hydrogen) atoms. The fraction of sp³-hybridized carbons (Fsp3) is 0.280. The standard InChI is InChI=1S/C25H20ClF5N6O4S2/c26-22-33-12-19-20(34-22)35-24(42-19)36-9-10-37(43(39,40)17-7-3-15(4-8-17)25(29,30)31)18(13-36)21(38)32-11-14-1-5-16(6-2-14)41-23(27)28/h1-8,12,18,23H,9-11,13H2,(H,32,38)/t18-/m1/s1. The second kappa shape index (κ2) is 12.1. The van der Waals surface area contributed by atoms with Crippen LogP contribution in [0, 0.1) is 0 Å². The van der Waals surface area contributed by atoms with E-state index in [4.69, 9.17) is 11.6 Å². The Morgan fingerprint density at radius 1 is 1.09 bits per heavy atom. The number of hydrogen-bond acceptors (Lipinski definition) is 9. The zero-order chi connectivity index (χ0) is 30.9. The molecule has 0 aliphatic carbocycles. The van der Waals surface area contributed by atoms with Crippen molar-refractivity contribution in [1.82, 2.24) is 24.6 Å². The molecule has 2 aromatic carbocycles. The maximum absolute atomic E-state index is 13.6. The van der Waals surface area contributed by atoms with Crippen LogP contribution < -0.4 is 15.0 Å². The highest BCUT2D eigenvalue weighted by atomic mass is 35.5. The summed E-state index contributed by atoms with van der Waals surface area (Å²) in [7, 11) is -4.42. The Labute approximate surface area is 250 Å². The van der Waals surface area contributed by atoms with Crippen LogP contribution >= 0.6 is 22.9 Å². The molecular weight excluding hydrogens is 643 g/mol. The third-order valence-corrected chi connectivity index (χ3v) is 9.56. The Morgan fingerprint density at radius 3 is 2.44 bits per heavy atom. The Hall–Kier alpha value is -3.67. The van der Waals surface area contributed by atoms with Crippen LogP contribution in [0.5, 0.6) is 5.75 Å². The van der Waals surface area contributed by atoms with E-state index in [1.54, 1.807) is 4.90 Å². The number of anilines is 1. The zero-order valence-corrected chi connectivity index (χ0v) is 24.0. The number of fused-ring (bicyclic) bond motifs is 1. The molecule has 0 unspecified atom stereocenters. The largest absolute Gasteiger partial charge is 0.435 e. The first-order valence-corrected chi connectivity index (χ1v) is 15.0. The van der Waals surface area contributed by atoms with Gasteiger partial charge in [-0.1, -0.05) is 23.5 Å². The molecule has 0 spiro atoms. The van der Waals surface area contributed by atoms with Crippen molar-refractivity contribution in [3.8, 4) is 5.75 Å². The van der Waals surface area contributed by atoms with Crippen molar-refractivity contribution in [1.29, 1.82) is 0 Å². The quantitative estimate of drug-likeness (QED) is 0.216. The van der Waals surface area contributed by atoms with Crippen LogP contribution in [0.25, 0.3) is 10.3 Å². The van der Waals surface area contributed by atoms with Gasteiger partial charge in [-0.2, -0.15) is 36.2 Å². The number of halogens is 6. The number of aromatic nitrogens is 3. The Morgan fingerprint density at radius 2 is 1.79 bits per heavy atom. The molecule has 1 saturated heterocycles. The van der Waals surface area contributed by atoms with E-state index in [9.17, 15) is 35.2 Å². The molecule has 0 saturated carbocycles. The zero-order valence-electron chi connectivity index (χ0n) is 21.6. The molecule has 0 radical (unpaired) electrons. The predicted molar refractivity (Wildman–Crippen MR) is 146 cm³/mol. The van der Waals surface area contributed by atoms with E-state index < -0.39 is 45.2 Å². The number of nitrogens with zero attached hydrogens (tertiary/aromatic N) is 5. The van der Waals surface area contributed by atoms with Crippen LogP contribution in [-0.4, -0.2) is 65.9 Å². The molecule has 4 aromatic rings. The molecule has 2 aromatic heterocycles. The van der Waals surface area contributed by atoms with Crippen LogP contribution in [0.3, 0.4) is 0 Å². The van der Waals surface area contributed by atoms with Gasteiger partial charge in [0.05, 0.1) is 21.4 Å². The highest BCUT2D eigenvalue weighted by molar-refractivity contribution is 7.89. The number of sulfonamides is 1. The molecule has 1 atom stereocenters. The second-order valence-electron chi connectivity index (χ2n) is 9.16. The van der Waals surface area contributed by atoms with Gasteiger partial charge in [-0.15, -0.1) is 0 Å². The van der Waals surface area contributed by atoms with Gasteiger partial charge in [0.15, 0.2) is 10.8 Å². The van der Waals surface area contributed by atoms with Gasteiger partial charge >= 0.3 is 12.8 Å². The van der Waals surface area contributed by atoms with Gasteiger partial charge in [-0.25, -0.2) is 13.4 Å². The average Bonchev–Trinajstić information content (AvgIpc) is 3.39. The van der Waals surface area contributed by atoms with E-state index in [1.807, 2.05) is 0 Å². The topological polar surface area (TPSA) is 118 Å². The summed E-state index contributed by atoms with van der Waals surface area (Å²) in [4.78, 5) is 27.2. The molecule has 1 amide bonds. The second-order valence-corrected chi connectivity index (χ2v) is 12.4. The molecule has 228 valence electrons. The molecule has 1 aliphatic rings. The maximum Gasteiger partial charge on any atom is 0.416 e. The maximum atomic E-state index is 13.6. The summed E-state index contributed by atoms with van der Waals surface area (Å²) >= 11 is 7.07. The molecule has 5 rings (SSSR count). The van der Waals surface area contributed by atoms with E-state index in [-0.39, 0.29) is 37.2 Å². The number of hydrogen-bond donors (Lipinski definition) is 1. The summed E-state index contributed by atoms with van der Waals surface area (Å²) in [5.41, 5.74) is -0.184. The lowest BCUT2D eigenvalue weighted by Gasteiger charge is -2.39. The molecule has 0 bridgehead atoms. The minimum absolute atomic E-state index is 0.0112.